The highest BCUT2D eigenvalue weighted by molar-refractivity contribution is 9.10. The van der Waals surface area contributed by atoms with Crippen molar-refractivity contribution in [3.8, 4) is 0 Å². The average Bonchev–Trinajstić information content (AvgIpc) is 2.17. The van der Waals surface area contributed by atoms with E-state index in [1.165, 1.54) is 22.9 Å². The minimum atomic E-state index is 0. The van der Waals surface area contributed by atoms with Crippen molar-refractivity contribution in [2.24, 2.45) is 5.73 Å². The molecule has 0 aliphatic rings. The van der Waals surface area contributed by atoms with E-state index in [2.05, 4.69) is 41.1 Å². The van der Waals surface area contributed by atoms with Gasteiger partial charge < -0.3 is 5.73 Å². The molecular formula is C11H14BrClN2S. The van der Waals surface area contributed by atoms with E-state index >= 15 is 0 Å². The minimum absolute atomic E-state index is 0. The van der Waals surface area contributed by atoms with Crippen molar-refractivity contribution in [1.29, 1.82) is 5.41 Å². The molecule has 0 bridgehead atoms. The molecule has 0 atom stereocenters. The molecule has 88 valence electrons. The van der Waals surface area contributed by atoms with Gasteiger partial charge in [0.25, 0.3) is 0 Å². The van der Waals surface area contributed by atoms with Gasteiger partial charge in [0.1, 0.15) is 0 Å². The molecule has 1 aromatic carbocycles. The molecule has 0 aliphatic carbocycles. The molecule has 0 radical (unpaired) electrons. The minimum Gasteiger partial charge on any atom is -0.379 e. The Morgan fingerprint density at radius 1 is 1.56 bits per heavy atom. The molecule has 0 saturated carbocycles. The molecule has 1 aromatic rings. The molecule has 0 aliphatic heterocycles. The summed E-state index contributed by atoms with van der Waals surface area (Å²) in [5.74, 6) is 0.744. The molecule has 0 heterocycles. The van der Waals surface area contributed by atoms with Crippen molar-refractivity contribution in [1.82, 2.24) is 0 Å². The summed E-state index contributed by atoms with van der Waals surface area (Å²) in [5.41, 5.74) is 7.64. The molecule has 0 aromatic heterocycles. The van der Waals surface area contributed by atoms with Crippen LogP contribution < -0.4 is 5.73 Å². The summed E-state index contributed by atoms with van der Waals surface area (Å²) in [4.78, 5) is 0. The van der Waals surface area contributed by atoms with Crippen LogP contribution >= 0.6 is 40.1 Å². The second-order valence-electron chi connectivity index (χ2n) is 3.07. The fraction of sp³-hybridized carbons (Fsp3) is 0.182. The van der Waals surface area contributed by atoms with Crippen LogP contribution in [-0.2, 0) is 0 Å². The number of halogens is 2. The van der Waals surface area contributed by atoms with E-state index in [4.69, 9.17) is 11.1 Å². The summed E-state index contributed by atoms with van der Waals surface area (Å²) in [6.45, 7) is 2.06. The van der Waals surface area contributed by atoms with Gasteiger partial charge in [0.2, 0.25) is 0 Å². The van der Waals surface area contributed by atoms with Gasteiger partial charge in [0.15, 0.2) is 5.17 Å². The maximum Gasteiger partial charge on any atom is 0.151 e. The Balaban J connectivity index is 0.00000225. The van der Waals surface area contributed by atoms with Gasteiger partial charge in [-0.15, -0.1) is 12.4 Å². The topological polar surface area (TPSA) is 49.9 Å². The van der Waals surface area contributed by atoms with Crippen molar-refractivity contribution in [2.45, 2.75) is 6.92 Å². The SMILES string of the molecule is C/C(=C\CSC(=N)N)c1cccc(Br)c1.Cl. The van der Waals surface area contributed by atoms with Crippen LogP contribution in [0.1, 0.15) is 12.5 Å². The first kappa shape index (κ1) is 15.6. The predicted molar refractivity (Wildman–Crippen MR) is 79.4 cm³/mol. The van der Waals surface area contributed by atoms with Crippen LogP contribution in [0.25, 0.3) is 5.57 Å². The Labute approximate surface area is 115 Å². The Bertz CT molecular complexity index is 393. The van der Waals surface area contributed by atoms with Gasteiger partial charge in [-0.25, -0.2) is 0 Å². The van der Waals surface area contributed by atoms with E-state index in [-0.39, 0.29) is 17.6 Å². The lowest BCUT2D eigenvalue weighted by molar-refractivity contribution is 1.50. The number of rotatable bonds is 3. The lowest BCUT2D eigenvalue weighted by atomic mass is 10.1. The van der Waals surface area contributed by atoms with Crippen molar-refractivity contribution in [2.75, 3.05) is 5.75 Å². The Hall–Kier alpha value is -0.450. The maximum absolute atomic E-state index is 7.08. The van der Waals surface area contributed by atoms with E-state index in [9.17, 15) is 0 Å². The van der Waals surface area contributed by atoms with Crippen molar-refractivity contribution < 1.29 is 0 Å². The predicted octanol–water partition coefficient (Wildman–Crippen LogP) is 3.90. The zero-order chi connectivity index (χ0) is 11.3. The highest BCUT2D eigenvalue weighted by Gasteiger charge is 1.96. The first-order valence-corrected chi connectivity index (χ1v) is 6.27. The van der Waals surface area contributed by atoms with Crippen LogP contribution in [0.4, 0.5) is 0 Å². The number of thioether (sulfide) groups is 1. The molecule has 0 fully saturated rings. The molecular weight excluding hydrogens is 308 g/mol. The van der Waals surface area contributed by atoms with E-state index in [0.717, 1.165) is 10.2 Å². The van der Waals surface area contributed by atoms with Crippen molar-refractivity contribution in [3.05, 3.63) is 40.4 Å². The van der Waals surface area contributed by atoms with Gasteiger partial charge in [-0.05, 0) is 30.2 Å². The Morgan fingerprint density at radius 2 is 2.25 bits per heavy atom. The summed E-state index contributed by atoms with van der Waals surface area (Å²) < 4.78 is 1.08. The third kappa shape index (κ3) is 5.58. The van der Waals surface area contributed by atoms with Crippen molar-refractivity contribution in [3.63, 3.8) is 0 Å². The van der Waals surface area contributed by atoms with Crippen LogP contribution in [0.3, 0.4) is 0 Å². The molecule has 0 spiro atoms. The van der Waals surface area contributed by atoms with Gasteiger partial charge >= 0.3 is 0 Å². The van der Waals surface area contributed by atoms with Gasteiger partial charge in [0, 0.05) is 10.2 Å². The van der Waals surface area contributed by atoms with Crippen LogP contribution in [0.5, 0.6) is 0 Å². The normalized spacial score (nSPS) is 10.8. The second-order valence-corrected chi connectivity index (χ2v) is 5.05. The number of benzene rings is 1. The third-order valence-electron chi connectivity index (χ3n) is 1.91. The molecule has 1 rings (SSSR count). The summed E-state index contributed by atoms with van der Waals surface area (Å²) in [6.07, 6.45) is 2.08. The van der Waals surface area contributed by atoms with Crippen LogP contribution in [0.2, 0.25) is 0 Å². The lowest BCUT2D eigenvalue weighted by Gasteiger charge is -2.02. The fourth-order valence-electron chi connectivity index (χ4n) is 1.11. The maximum atomic E-state index is 7.08. The third-order valence-corrected chi connectivity index (χ3v) is 3.05. The molecule has 0 amide bonds. The number of nitrogens with one attached hydrogen (secondary N) is 1. The fourth-order valence-corrected chi connectivity index (χ4v) is 2.02. The monoisotopic (exact) mass is 320 g/mol. The molecule has 16 heavy (non-hydrogen) atoms. The first-order chi connectivity index (χ1) is 7.09. The number of hydrogen-bond acceptors (Lipinski definition) is 2. The van der Waals surface area contributed by atoms with E-state index in [1.807, 2.05) is 12.1 Å². The van der Waals surface area contributed by atoms with E-state index in [1.54, 1.807) is 0 Å². The first-order valence-electron chi connectivity index (χ1n) is 4.49. The van der Waals surface area contributed by atoms with Crippen LogP contribution in [-0.4, -0.2) is 10.9 Å². The van der Waals surface area contributed by atoms with Crippen LogP contribution in [0.15, 0.2) is 34.8 Å². The lowest BCUT2D eigenvalue weighted by Crippen LogP contribution is -2.03. The quantitative estimate of drug-likeness (QED) is 0.655. The second kappa shape index (κ2) is 7.76. The van der Waals surface area contributed by atoms with Gasteiger partial charge in [-0.3, -0.25) is 5.41 Å². The highest BCUT2D eigenvalue weighted by atomic mass is 79.9. The summed E-state index contributed by atoms with van der Waals surface area (Å²) in [6, 6.07) is 8.15. The molecule has 3 N–H and O–H groups in total. The molecule has 0 saturated heterocycles. The zero-order valence-electron chi connectivity index (χ0n) is 8.87. The van der Waals surface area contributed by atoms with E-state index < -0.39 is 0 Å². The largest absolute Gasteiger partial charge is 0.379 e. The zero-order valence-corrected chi connectivity index (χ0v) is 12.1. The standard InChI is InChI=1S/C11H13BrN2S.ClH/c1-8(5-6-15-11(13)14)9-3-2-4-10(12)7-9;/h2-5,7H,6H2,1H3,(H3,13,14);1H/b8-5+;. The summed E-state index contributed by atoms with van der Waals surface area (Å²) in [5, 5.41) is 7.24. The Kier molecular flexibility index (Phi) is 7.55. The Morgan fingerprint density at radius 3 is 2.81 bits per heavy atom. The molecule has 5 heteroatoms. The number of allylic oxidation sites excluding steroid dienone is 1. The van der Waals surface area contributed by atoms with Crippen LogP contribution in [0, 0.1) is 5.41 Å². The van der Waals surface area contributed by atoms with E-state index in [0.29, 0.717) is 0 Å². The smallest absolute Gasteiger partial charge is 0.151 e. The van der Waals surface area contributed by atoms with Gasteiger partial charge in [0.05, 0.1) is 0 Å². The average molecular weight is 322 g/mol. The number of nitrogens with two attached hydrogens (primary N) is 1. The summed E-state index contributed by atoms with van der Waals surface area (Å²) >= 11 is 4.77. The van der Waals surface area contributed by atoms with Gasteiger partial charge in [-0.1, -0.05) is 45.9 Å². The number of amidine groups is 1. The van der Waals surface area contributed by atoms with Gasteiger partial charge in [-0.2, -0.15) is 0 Å². The molecule has 2 nitrogen and oxygen atoms in total. The molecule has 0 unspecified atom stereocenters. The van der Waals surface area contributed by atoms with Crippen molar-refractivity contribution >= 4 is 50.8 Å². The summed E-state index contributed by atoms with van der Waals surface area (Å²) in [7, 11) is 0. The highest BCUT2D eigenvalue weighted by Crippen LogP contribution is 2.19. The number of hydrogen-bond donors (Lipinski definition) is 2.